The van der Waals surface area contributed by atoms with Gasteiger partial charge in [-0.15, -0.1) is 0 Å². The number of rotatable bonds is 3. The minimum absolute atomic E-state index is 0.146. The Morgan fingerprint density at radius 2 is 1.88 bits per heavy atom. The monoisotopic (exact) mass is 460 g/mol. The Morgan fingerprint density at radius 1 is 1.12 bits per heavy atom. The Bertz CT molecular complexity index is 1290. The summed E-state index contributed by atoms with van der Waals surface area (Å²) in [5.41, 5.74) is 0.825. The van der Waals surface area contributed by atoms with Crippen molar-refractivity contribution in [3.63, 3.8) is 0 Å². The predicted molar refractivity (Wildman–Crippen MR) is 123 cm³/mol. The molecule has 3 amide bonds. The summed E-state index contributed by atoms with van der Waals surface area (Å²) in [7, 11) is 0. The molecule has 4 atom stereocenters. The first-order chi connectivity index (χ1) is 16.3. The van der Waals surface area contributed by atoms with Crippen LogP contribution in [-0.2, 0) is 19.9 Å². The fourth-order valence-corrected chi connectivity index (χ4v) is 6.84. The molecule has 6 rings (SSSR count). The number of nitrogens with zero attached hydrogens (tertiary/aromatic N) is 4. The van der Waals surface area contributed by atoms with E-state index in [1.54, 1.807) is 24.0 Å². The fourth-order valence-electron chi connectivity index (χ4n) is 6.84. The van der Waals surface area contributed by atoms with Crippen molar-refractivity contribution in [1.29, 1.82) is 0 Å². The molecule has 3 fully saturated rings. The van der Waals surface area contributed by atoms with E-state index in [4.69, 9.17) is 0 Å². The molecule has 4 aliphatic heterocycles. The second-order valence-corrected chi connectivity index (χ2v) is 9.48. The van der Waals surface area contributed by atoms with Gasteiger partial charge in [-0.25, -0.2) is 4.90 Å². The van der Waals surface area contributed by atoms with E-state index in [2.05, 4.69) is 4.90 Å². The second-order valence-electron chi connectivity index (χ2n) is 9.48. The molecule has 0 unspecified atom stereocenters. The number of nitro groups is 1. The lowest BCUT2D eigenvalue weighted by molar-refractivity contribution is -0.385. The number of hydrogen-bond donors (Lipinski definition) is 0. The number of amides is 3. The molecule has 0 radical (unpaired) electrons. The Labute approximate surface area is 196 Å². The molecule has 0 aromatic heterocycles. The average molecular weight is 460 g/mol. The topological polar surface area (TPSA) is 104 Å². The maximum absolute atomic E-state index is 14.1. The molecule has 4 aliphatic rings. The van der Waals surface area contributed by atoms with E-state index in [1.807, 2.05) is 31.2 Å². The standard InChI is InChI=1S/C25H24N4O5/c1-3-26-17-8-5-4-7-16(17)25(24(26)32)21-20(18-9-6-12-27(18)25)22(30)28(23(21)31)15-11-10-14(2)19(13-15)29(33)34/h4-5,7-8,10-11,13,18,20-21H,3,6,9,12H2,1-2H3/t18-,20+,21-,25-/m0/s1. The van der Waals surface area contributed by atoms with Gasteiger partial charge in [0.1, 0.15) is 5.54 Å². The highest BCUT2D eigenvalue weighted by atomic mass is 16.6. The summed E-state index contributed by atoms with van der Waals surface area (Å²) in [6.07, 6.45) is 1.57. The molecule has 2 aromatic rings. The zero-order valence-corrected chi connectivity index (χ0v) is 18.9. The Balaban J connectivity index is 1.54. The van der Waals surface area contributed by atoms with Crippen LogP contribution in [0.4, 0.5) is 17.1 Å². The van der Waals surface area contributed by atoms with Crippen molar-refractivity contribution >= 4 is 34.8 Å². The van der Waals surface area contributed by atoms with Gasteiger partial charge in [0, 0.05) is 35.5 Å². The first kappa shape index (κ1) is 21.0. The molecule has 0 bridgehead atoms. The summed E-state index contributed by atoms with van der Waals surface area (Å²) in [6, 6.07) is 11.7. The molecule has 1 spiro atoms. The third-order valence-electron chi connectivity index (χ3n) is 8.11. The van der Waals surface area contributed by atoms with E-state index in [1.165, 1.54) is 6.07 Å². The second kappa shape index (κ2) is 6.96. The van der Waals surface area contributed by atoms with Crippen LogP contribution in [0.25, 0.3) is 0 Å². The third-order valence-corrected chi connectivity index (χ3v) is 8.11. The maximum Gasteiger partial charge on any atom is 0.274 e. The predicted octanol–water partition coefficient (Wildman–Crippen LogP) is 2.75. The number of aryl methyl sites for hydroxylation is 1. The number of anilines is 2. The summed E-state index contributed by atoms with van der Waals surface area (Å²) < 4.78 is 0. The zero-order chi connectivity index (χ0) is 23.9. The Morgan fingerprint density at radius 3 is 2.62 bits per heavy atom. The minimum atomic E-state index is -1.23. The highest BCUT2D eigenvalue weighted by Gasteiger charge is 2.75. The van der Waals surface area contributed by atoms with Crippen molar-refractivity contribution in [1.82, 2.24) is 4.90 Å². The first-order valence-electron chi connectivity index (χ1n) is 11.6. The van der Waals surface area contributed by atoms with Gasteiger partial charge in [-0.05, 0) is 45.4 Å². The molecule has 0 saturated carbocycles. The van der Waals surface area contributed by atoms with E-state index in [0.717, 1.165) is 29.0 Å². The smallest absolute Gasteiger partial charge is 0.274 e. The highest BCUT2D eigenvalue weighted by molar-refractivity contribution is 6.26. The van der Waals surface area contributed by atoms with Gasteiger partial charge in [-0.1, -0.05) is 24.3 Å². The van der Waals surface area contributed by atoms with Crippen LogP contribution in [0.5, 0.6) is 0 Å². The number of imide groups is 1. The number of hydrogen-bond acceptors (Lipinski definition) is 6. The minimum Gasteiger partial charge on any atom is -0.310 e. The zero-order valence-electron chi connectivity index (χ0n) is 18.9. The number of carbonyl (C=O) groups is 3. The van der Waals surface area contributed by atoms with E-state index in [9.17, 15) is 24.5 Å². The molecular formula is C25H24N4O5. The molecule has 9 heteroatoms. The van der Waals surface area contributed by atoms with Gasteiger partial charge < -0.3 is 4.90 Å². The summed E-state index contributed by atoms with van der Waals surface area (Å²) in [5.74, 6) is -2.51. The van der Waals surface area contributed by atoms with Gasteiger partial charge in [0.2, 0.25) is 11.8 Å². The van der Waals surface area contributed by atoms with E-state index < -0.39 is 28.2 Å². The lowest BCUT2D eigenvalue weighted by Crippen LogP contribution is -2.56. The van der Waals surface area contributed by atoms with Crippen LogP contribution >= 0.6 is 0 Å². The van der Waals surface area contributed by atoms with Crippen molar-refractivity contribution in [3.8, 4) is 0 Å². The first-order valence-corrected chi connectivity index (χ1v) is 11.6. The quantitative estimate of drug-likeness (QED) is 0.396. The SMILES string of the molecule is CCN1C(=O)[C@]2(c3ccccc31)[C@@H]1C(=O)N(c3ccc(C)c([N+](=O)[O-])c3)C(=O)[C@@H]1[C@@H]1CCCN12. The van der Waals surface area contributed by atoms with Gasteiger partial charge in [0.25, 0.3) is 11.6 Å². The third kappa shape index (κ3) is 2.30. The van der Waals surface area contributed by atoms with Crippen LogP contribution in [-0.4, -0.2) is 46.7 Å². The van der Waals surface area contributed by atoms with Crippen LogP contribution in [0.2, 0.25) is 0 Å². The lowest BCUT2D eigenvalue weighted by Gasteiger charge is -2.37. The lowest BCUT2D eigenvalue weighted by atomic mass is 9.75. The summed E-state index contributed by atoms with van der Waals surface area (Å²) in [4.78, 5) is 57.8. The van der Waals surface area contributed by atoms with Gasteiger partial charge in [0.15, 0.2) is 0 Å². The van der Waals surface area contributed by atoms with Crippen molar-refractivity contribution in [2.75, 3.05) is 22.9 Å². The maximum atomic E-state index is 14.1. The number of fused-ring (bicyclic) bond motifs is 7. The molecule has 4 heterocycles. The van der Waals surface area contributed by atoms with Gasteiger partial charge in [-0.2, -0.15) is 0 Å². The van der Waals surface area contributed by atoms with Crippen molar-refractivity contribution in [2.45, 2.75) is 38.3 Å². The average Bonchev–Trinajstić information content (AvgIpc) is 3.52. The summed E-state index contributed by atoms with van der Waals surface area (Å²) in [5, 5.41) is 11.5. The number of para-hydroxylation sites is 1. The van der Waals surface area contributed by atoms with E-state index >= 15 is 0 Å². The number of carbonyl (C=O) groups excluding carboxylic acids is 3. The van der Waals surface area contributed by atoms with Gasteiger partial charge in [-0.3, -0.25) is 29.4 Å². The molecule has 9 nitrogen and oxygen atoms in total. The van der Waals surface area contributed by atoms with Crippen LogP contribution in [0.3, 0.4) is 0 Å². The molecule has 34 heavy (non-hydrogen) atoms. The number of benzene rings is 2. The molecular weight excluding hydrogens is 436 g/mol. The van der Waals surface area contributed by atoms with Crippen molar-refractivity contribution < 1.29 is 19.3 Å². The van der Waals surface area contributed by atoms with Crippen molar-refractivity contribution in [2.24, 2.45) is 11.8 Å². The van der Waals surface area contributed by atoms with Gasteiger partial charge in [0.05, 0.1) is 22.4 Å². The van der Waals surface area contributed by atoms with Crippen LogP contribution < -0.4 is 9.80 Å². The molecule has 0 aliphatic carbocycles. The fraction of sp³-hybridized carbons (Fsp3) is 0.400. The van der Waals surface area contributed by atoms with Crippen LogP contribution in [0.15, 0.2) is 42.5 Å². The highest BCUT2D eigenvalue weighted by Crippen LogP contribution is 2.61. The molecule has 2 aromatic carbocycles. The van der Waals surface area contributed by atoms with Crippen LogP contribution in [0.1, 0.15) is 30.9 Å². The van der Waals surface area contributed by atoms with Crippen molar-refractivity contribution in [3.05, 3.63) is 63.7 Å². The normalized spacial score (nSPS) is 29.8. The van der Waals surface area contributed by atoms with Gasteiger partial charge >= 0.3 is 0 Å². The Kier molecular flexibility index (Phi) is 4.29. The summed E-state index contributed by atoms with van der Waals surface area (Å²) in [6.45, 7) is 4.62. The van der Waals surface area contributed by atoms with E-state index in [-0.39, 0.29) is 29.2 Å². The molecule has 0 N–H and O–H groups in total. The molecule has 174 valence electrons. The largest absolute Gasteiger partial charge is 0.310 e. The Hall–Kier alpha value is -3.59. The number of likely N-dealkylation sites (N-methyl/N-ethyl adjacent to an activating group) is 1. The number of nitro benzene ring substituents is 1. The van der Waals surface area contributed by atoms with E-state index in [0.29, 0.717) is 18.7 Å². The van der Waals surface area contributed by atoms with Crippen LogP contribution in [0, 0.1) is 28.9 Å². The molecule has 3 saturated heterocycles. The summed E-state index contributed by atoms with van der Waals surface area (Å²) >= 11 is 0.